The molecule has 0 heterocycles. The molecule has 0 spiro atoms. The van der Waals surface area contributed by atoms with Crippen molar-refractivity contribution in [3.05, 3.63) is 0 Å². The van der Waals surface area contributed by atoms with Gasteiger partial charge in [0.2, 0.25) is 0 Å². The molecule has 0 radical (unpaired) electrons. The van der Waals surface area contributed by atoms with Crippen LogP contribution in [-0.2, 0) is 193 Å². The Balaban J connectivity index is -0.0000000663. The van der Waals surface area contributed by atoms with Crippen LogP contribution in [0.4, 0.5) is 0 Å². The van der Waals surface area contributed by atoms with Gasteiger partial charge in [-0.1, -0.05) is 0 Å². The molecule has 0 aromatic carbocycles. The van der Waals surface area contributed by atoms with Gasteiger partial charge in [0.15, 0.2) is 0 Å². The van der Waals surface area contributed by atoms with Gasteiger partial charge >= 0.3 is 157 Å². The summed E-state index contributed by atoms with van der Waals surface area (Å²) in [5.41, 5.74) is 0. The maximum absolute atomic E-state index is 11.0. The summed E-state index contributed by atoms with van der Waals surface area (Å²) in [6, 6.07) is 0. The van der Waals surface area contributed by atoms with Crippen LogP contribution >= 0.6 is 0 Å². The maximum Gasteiger partial charge on any atom is 2.00 e. The number of hydrogen-bond donors (Lipinski definition) is 20. The van der Waals surface area contributed by atoms with E-state index in [9.17, 15) is 147 Å². The van der Waals surface area contributed by atoms with Crippen molar-refractivity contribution in [3.63, 3.8) is 0 Å². The van der Waals surface area contributed by atoms with E-state index in [1.54, 1.807) is 0 Å². The Morgan fingerprint density at radius 2 is 0.187 bits per heavy atom. The Bertz CT molecular complexity index is 2370. The second-order valence-electron chi connectivity index (χ2n) is 22.4. The molecule has 0 fully saturated rings. The number of carboxylic acids is 20. The zero-order valence-corrected chi connectivity index (χ0v) is 83.0. The summed E-state index contributed by atoms with van der Waals surface area (Å²) in [6.07, 6.45) is 0. The first-order chi connectivity index (χ1) is 50.0. The van der Waals surface area contributed by atoms with Crippen LogP contribution in [0.1, 0.15) is 0 Å². The fourth-order valence-corrected chi connectivity index (χ4v) is 8.79. The molecule has 0 aliphatic heterocycles. The summed E-state index contributed by atoms with van der Waals surface area (Å²) >= 11 is 0. The SMILES string of the molecule is N.N.N.N.N.N.N.N.N.N.O=C(O)CN(CCN(CC(=O)O)CC(=O)O)CCN(CC(=O)O)CC(=O)O.O=C([O-])CN(CCN(CCN(CC(=O)O)CC(=O)O)CC(=O)O)CC(=O)[O-].O=C([O-])CN(CCN(CCN(CC(=O)[O-])CC(=O)[O-])CC(=O)O)CC(=O)[O-].O=C([O-])CN(CCN(CCN(CC(=O)[O-])CC(=O)[O-])CC(=O)O)CC(=O)[O-].[Zn+2].[Zn+2].[Zn+2].[Zn+2].[Zn+2]. The Morgan fingerprint density at radius 3 is 0.252 bits per heavy atom. The van der Waals surface area contributed by atoms with Crippen LogP contribution in [0.25, 0.3) is 0 Å². The Morgan fingerprint density at radius 1 is 0.130 bits per heavy atom. The molecule has 0 atom stereocenters. The van der Waals surface area contributed by atoms with Crippen LogP contribution in [0.15, 0.2) is 0 Å². The standard InChI is InChI=1S/4C14H23N3O10.10H3N.5Zn/c4*18-10(19)5-15(1-3-16(6-11(20)21)7-12(22)23)2-4-17(8-13(24)25)9-14(26)27;;;;;;;;;;;;;;;/h4*1-9H2,(H,18,19)(H,20,21)(H,22,23)(H,24,25)(H,26,27);10*1H3;;;;;/q;;;;;;;;;;;;;;5*+2/p-10. The van der Waals surface area contributed by atoms with E-state index in [2.05, 4.69) is 0 Å². The Kier molecular flexibility index (Phi) is 124. The van der Waals surface area contributed by atoms with Crippen molar-refractivity contribution in [2.24, 2.45) is 0 Å². The third kappa shape index (κ3) is 114. The van der Waals surface area contributed by atoms with E-state index in [1.165, 1.54) is 19.6 Å². The van der Waals surface area contributed by atoms with Gasteiger partial charge in [-0.15, -0.1) is 0 Å². The average Bonchev–Trinajstić information content (AvgIpc) is 0.933. The van der Waals surface area contributed by atoms with Crippen molar-refractivity contribution in [1.29, 1.82) is 0 Å². The molecule has 0 aliphatic carbocycles. The first kappa shape index (κ1) is 162. The predicted octanol–water partition coefficient (Wildman–Crippen LogP) is -22.5. The fraction of sp³-hybridized carbons (Fsp3) is 0.643. The monoisotopic (exact) mass is 2050 g/mol. The predicted molar refractivity (Wildman–Crippen MR) is 374 cm³/mol. The molecule has 0 unspecified atom stereocenters. The van der Waals surface area contributed by atoms with E-state index < -0.39 is 250 Å². The quantitative estimate of drug-likeness (QED) is 0.0251. The second-order valence-corrected chi connectivity index (χ2v) is 22.4. The molecule has 40 N–H and O–H groups in total. The van der Waals surface area contributed by atoms with Gasteiger partial charge in [0.25, 0.3) is 0 Å². The zero-order valence-electron chi connectivity index (χ0n) is 68.1. The summed E-state index contributed by atoms with van der Waals surface area (Å²) in [5, 5.41) is 195. The molecule has 0 amide bonds. The van der Waals surface area contributed by atoms with Crippen molar-refractivity contribution in [3.8, 4) is 0 Å². The van der Waals surface area contributed by atoms with Gasteiger partial charge in [-0.25, -0.2) is 0 Å². The number of carbonyl (C=O) groups excluding carboxylic acids is 10. The molecule has 0 saturated carbocycles. The molecular weight excluding hydrogens is 1950 g/mol. The molecule has 123 heavy (non-hydrogen) atoms. The Labute approximate surface area is 766 Å². The van der Waals surface area contributed by atoms with E-state index in [0.29, 0.717) is 0 Å². The van der Waals surface area contributed by atoms with E-state index in [0.717, 1.165) is 39.2 Å². The van der Waals surface area contributed by atoms with Crippen molar-refractivity contribution >= 4 is 119 Å². The summed E-state index contributed by atoms with van der Waals surface area (Å²) in [4.78, 5) is 228. The van der Waals surface area contributed by atoms with E-state index in [4.69, 9.17) is 51.1 Å². The number of nitrogens with zero attached hydrogens (tertiary/aromatic N) is 12. The summed E-state index contributed by atoms with van der Waals surface area (Å²) in [7, 11) is 0. The molecule has 0 saturated heterocycles. The maximum atomic E-state index is 11.0. The molecular formula is C56H112N22O40Zn5. The number of carbonyl (C=O) groups is 20. The van der Waals surface area contributed by atoms with Gasteiger partial charge in [0.1, 0.15) is 0 Å². The molecule has 696 valence electrons. The summed E-state index contributed by atoms with van der Waals surface area (Å²) in [5.74, 6) is -27.7. The topological polar surface area (TPSA) is 1160 Å². The molecule has 0 aromatic rings. The summed E-state index contributed by atoms with van der Waals surface area (Å²) < 4.78 is 0. The summed E-state index contributed by atoms with van der Waals surface area (Å²) in [6.45, 7) is -13.7. The minimum Gasteiger partial charge on any atom is -0.549 e. The van der Waals surface area contributed by atoms with Crippen LogP contribution in [-0.4, -0.2) is 465 Å². The number of rotatable bonds is 64. The smallest absolute Gasteiger partial charge is 0.549 e. The van der Waals surface area contributed by atoms with Gasteiger partial charge in [0.05, 0.1) is 125 Å². The van der Waals surface area contributed by atoms with Gasteiger partial charge in [0, 0.05) is 170 Å². The largest absolute Gasteiger partial charge is 2.00 e. The van der Waals surface area contributed by atoms with Crippen molar-refractivity contribution in [2.75, 3.05) is 236 Å². The van der Waals surface area contributed by atoms with Gasteiger partial charge in [-0.05, 0) is 0 Å². The average molecular weight is 2060 g/mol. The van der Waals surface area contributed by atoms with Crippen LogP contribution in [0.5, 0.6) is 0 Å². The number of aliphatic carboxylic acids is 20. The van der Waals surface area contributed by atoms with Crippen molar-refractivity contribution in [2.45, 2.75) is 0 Å². The minimum absolute atomic E-state index is 0. The van der Waals surface area contributed by atoms with Crippen LogP contribution in [0.2, 0.25) is 0 Å². The minimum atomic E-state index is -1.53. The van der Waals surface area contributed by atoms with E-state index >= 15 is 0 Å². The van der Waals surface area contributed by atoms with Crippen LogP contribution in [0.3, 0.4) is 0 Å². The van der Waals surface area contributed by atoms with E-state index in [1.807, 2.05) is 0 Å². The third-order valence-electron chi connectivity index (χ3n) is 13.0. The van der Waals surface area contributed by atoms with Gasteiger partial charge in [-0.2, -0.15) is 0 Å². The molecule has 67 heteroatoms. The first-order valence-electron chi connectivity index (χ1n) is 30.8. The van der Waals surface area contributed by atoms with Crippen molar-refractivity contribution in [1.82, 2.24) is 120 Å². The molecule has 0 rings (SSSR count). The van der Waals surface area contributed by atoms with E-state index in [-0.39, 0.29) is 264 Å². The van der Waals surface area contributed by atoms with Crippen molar-refractivity contribution < 1.29 is 295 Å². The molecule has 0 bridgehead atoms. The van der Waals surface area contributed by atoms with Crippen LogP contribution < -0.4 is 113 Å². The van der Waals surface area contributed by atoms with Gasteiger partial charge in [-0.3, -0.25) is 107 Å². The molecule has 0 aromatic heterocycles. The normalized spacial score (nSPS) is 9.72. The fourth-order valence-electron chi connectivity index (χ4n) is 8.79. The Hall–Kier alpha value is -8.36. The molecule has 0 aliphatic rings. The first-order valence-corrected chi connectivity index (χ1v) is 30.8. The third-order valence-corrected chi connectivity index (χ3v) is 13.0. The number of hydrogen-bond acceptors (Lipinski definition) is 52. The number of carboxylic acid groups (broad SMARTS) is 20. The molecule has 62 nitrogen and oxygen atoms in total. The zero-order chi connectivity index (χ0) is 83.9. The van der Waals surface area contributed by atoms with Gasteiger partial charge < -0.3 is 212 Å². The van der Waals surface area contributed by atoms with Crippen LogP contribution in [0, 0.1) is 0 Å². The second kappa shape index (κ2) is 94.3.